The first-order chi connectivity index (χ1) is 8.22. The molecule has 0 atom stereocenters. The topological polar surface area (TPSA) is 52.4 Å². The summed E-state index contributed by atoms with van der Waals surface area (Å²) in [4.78, 5) is 10.1. The lowest BCUT2D eigenvalue weighted by atomic mass is 10.0. The number of nitrogens with zero attached hydrogens (tertiary/aromatic N) is 1. The van der Waals surface area contributed by atoms with E-state index in [1.165, 1.54) is 0 Å². The fourth-order valence-corrected chi connectivity index (χ4v) is 1.94. The zero-order valence-corrected chi connectivity index (χ0v) is 9.55. The summed E-state index contributed by atoms with van der Waals surface area (Å²) in [5, 5.41) is 12.4. The minimum Gasteiger partial charge on any atom is -0.496 e. The average Bonchev–Trinajstić information content (AvgIpc) is 2.35. The lowest BCUT2D eigenvalue weighted by Crippen LogP contribution is -2.04. The average molecular weight is 231 g/mol. The summed E-state index contributed by atoms with van der Waals surface area (Å²) >= 11 is 0. The zero-order chi connectivity index (χ0) is 12.3. The van der Waals surface area contributed by atoms with Gasteiger partial charge >= 0.3 is 0 Å². The molecule has 0 unspecified atom stereocenters. The van der Waals surface area contributed by atoms with E-state index in [2.05, 4.69) is 0 Å². The number of ether oxygens (including phenoxy) is 1. The van der Waals surface area contributed by atoms with Crippen LogP contribution in [0.4, 0.5) is 0 Å². The summed E-state index contributed by atoms with van der Waals surface area (Å²) in [7, 11) is 1.62. The molecule has 0 aromatic heterocycles. The van der Waals surface area contributed by atoms with Crippen molar-refractivity contribution in [2.75, 3.05) is 13.7 Å². The minimum atomic E-state index is -0.293. The van der Waals surface area contributed by atoms with Crippen LogP contribution in [-0.4, -0.2) is 18.6 Å². The van der Waals surface area contributed by atoms with Crippen molar-refractivity contribution in [2.45, 2.75) is 6.42 Å². The Morgan fingerprint density at radius 1 is 1.18 bits per heavy atom. The number of fused-ring (bicyclic) bond motifs is 1. The van der Waals surface area contributed by atoms with Gasteiger partial charge in [0.25, 0.3) is 0 Å². The molecule has 88 valence electrons. The molecule has 0 aliphatic heterocycles. The number of nitro groups is 1. The normalized spacial score (nSPS) is 10.4. The van der Waals surface area contributed by atoms with Gasteiger partial charge < -0.3 is 4.74 Å². The van der Waals surface area contributed by atoms with Crippen molar-refractivity contribution in [1.82, 2.24) is 0 Å². The zero-order valence-electron chi connectivity index (χ0n) is 9.55. The molecule has 4 heteroatoms. The predicted molar refractivity (Wildman–Crippen MR) is 66.1 cm³/mol. The van der Waals surface area contributed by atoms with Crippen LogP contribution in [0, 0.1) is 10.1 Å². The SMILES string of the molecule is COc1ccc(CC[N+](=O)[O-])c2ccccc12. The van der Waals surface area contributed by atoms with E-state index in [9.17, 15) is 10.1 Å². The molecule has 0 saturated heterocycles. The second kappa shape index (κ2) is 4.82. The summed E-state index contributed by atoms with van der Waals surface area (Å²) in [6.45, 7) is -0.0453. The van der Waals surface area contributed by atoms with Crippen molar-refractivity contribution in [3.05, 3.63) is 52.1 Å². The molecule has 0 aliphatic rings. The van der Waals surface area contributed by atoms with Gasteiger partial charge in [-0.15, -0.1) is 0 Å². The summed E-state index contributed by atoms with van der Waals surface area (Å²) < 4.78 is 5.27. The van der Waals surface area contributed by atoms with Gasteiger partial charge in [-0.25, -0.2) is 0 Å². The van der Waals surface area contributed by atoms with Gasteiger partial charge in [-0.1, -0.05) is 30.3 Å². The number of benzene rings is 2. The van der Waals surface area contributed by atoms with Gasteiger partial charge in [0.15, 0.2) is 0 Å². The Morgan fingerprint density at radius 2 is 1.88 bits per heavy atom. The van der Waals surface area contributed by atoms with Gasteiger partial charge in [0.05, 0.1) is 7.11 Å². The van der Waals surface area contributed by atoms with E-state index in [0.717, 1.165) is 22.1 Å². The van der Waals surface area contributed by atoms with Crippen LogP contribution in [0.5, 0.6) is 5.75 Å². The summed E-state index contributed by atoms with van der Waals surface area (Å²) in [6, 6.07) is 11.5. The molecule has 17 heavy (non-hydrogen) atoms. The summed E-state index contributed by atoms with van der Waals surface area (Å²) in [6.07, 6.45) is 0.442. The summed E-state index contributed by atoms with van der Waals surface area (Å²) in [5.74, 6) is 0.797. The third kappa shape index (κ3) is 2.36. The smallest absolute Gasteiger partial charge is 0.207 e. The quantitative estimate of drug-likeness (QED) is 0.600. The molecular formula is C13H13NO3. The predicted octanol–water partition coefficient (Wildman–Crippen LogP) is 2.67. The highest BCUT2D eigenvalue weighted by molar-refractivity contribution is 5.91. The molecule has 0 amide bonds. The van der Waals surface area contributed by atoms with E-state index in [-0.39, 0.29) is 11.5 Å². The molecule has 0 radical (unpaired) electrons. The second-order valence-electron chi connectivity index (χ2n) is 3.78. The van der Waals surface area contributed by atoms with Crippen LogP contribution in [0.3, 0.4) is 0 Å². The molecular weight excluding hydrogens is 218 g/mol. The third-order valence-electron chi connectivity index (χ3n) is 2.76. The molecule has 4 nitrogen and oxygen atoms in total. The highest BCUT2D eigenvalue weighted by Gasteiger charge is 2.07. The lowest BCUT2D eigenvalue weighted by molar-refractivity contribution is -0.479. The van der Waals surface area contributed by atoms with Gasteiger partial charge in [-0.3, -0.25) is 10.1 Å². The van der Waals surface area contributed by atoms with E-state index < -0.39 is 0 Å². The van der Waals surface area contributed by atoms with Crippen molar-refractivity contribution in [3.8, 4) is 5.75 Å². The molecule has 0 bridgehead atoms. The van der Waals surface area contributed by atoms with Crippen LogP contribution in [-0.2, 0) is 6.42 Å². The first-order valence-corrected chi connectivity index (χ1v) is 5.39. The Labute approximate surface area is 99.0 Å². The Balaban J connectivity index is 2.47. The number of methoxy groups -OCH3 is 1. The van der Waals surface area contributed by atoms with E-state index >= 15 is 0 Å². The molecule has 0 N–H and O–H groups in total. The van der Waals surface area contributed by atoms with Crippen LogP contribution >= 0.6 is 0 Å². The lowest BCUT2D eigenvalue weighted by Gasteiger charge is -2.08. The van der Waals surface area contributed by atoms with Crippen molar-refractivity contribution >= 4 is 10.8 Å². The molecule has 2 aromatic rings. The van der Waals surface area contributed by atoms with Crippen molar-refractivity contribution in [1.29, 1.82) is 0 Å². The largest absolute Gasteiger partial charge is 0.496 e. The molecule has 2 rings (SSSR count). The van der Waals surface area contributed by atoms with Crippen molar-refractivity contribution in [2.24, 2.45) is 0 Å². The summed E-state index contributed by atoms with van der Waals surface area (Å²) in [5.41, 5.74) is 0.984. The van der Waals surface area contributed by atoms with Gasteiger partial charge in [0.2, 0.25) is 6.54 Å². The Hall–Kier alpha value is -2.10. The van der Waals surface area contributed by atoms with Crippen LogP contribution in [0.2, 0.25) is 0 Å². The highest BCUT2D eigenvalue weighted by Crippen LogP contribution is 2.28. The molecule has 0 heterocycles. The standard InChI is InChI=1S/C13H13NO3/c1-17-13-7-6-10(8-9-14(15)16)11-4-2-3-5-12(11)13/h2-7H,8-9H2,1H3. The van der Waals surface area contributed by atoms with Crippen LogP contribution < -0.4 is 4.74 Å². The van der Waals surface area contributed by atoms with Gasteiger partial charge in [0.1, 0.15) is 5.75 Å². The van der Waals surface area contributed by atoms with Crippen LogP contribution in [0.25, 0.3) is 10.8 Å². The monoisotopic (exact) mass is 231 g/mol. The molecule has 0 fully saturated rings. The Bertz CT molecular complexity index is 551. The first kappa shape index (κ1) is 11.4. The highest BCUT2D eigenvalue weighted by atomic mass is 16.6. The van der Waals surface area contributed by atoms with Crippen LogP contribution in [0.15, 0.2) is 36.4 Å². The van der Waals surface area contributed by atoms with E-state index in [0.29, 0.717) is 6.42 Å². The van der Waals surface area contributed by atoms with Gasteiger partial charge in [0, 0.05) is 16.7 Å². The third-order valence-corrected chi connectivity index (χ3v) is 2.76. The van der Waals surface area contributed by atoms with Crippen molar-refractivity contribution < 1.29 is 9.66 Å². The second-order valence-corrected chi connectivity index (χ2v) is 3.78. The maximum absolute atomic E-state index is 10.4. The van der Waals surface area contributed by atoms with E-state index in [4.69, 9.17) is 4.74 Å². The number of hydrogen-bond acceptors (Lipinski definition) is 3. The number of rotatable bonds is 4. The fraction of sp³-hybridized carbons (Fsp3) is 0.231. The Morgan fingerprint density at radius 3 is 2.53 bits per heavy atom. The van der Waals surface area contributed by atoms with E-state index in [1.807, 2.05) is 36.4 Å². The fourth-order valence-electron chi connectivity index (χ4n) is 1.94. The molecule has 0 saturated carbocycles. The maximum atomic E-state index is 10.4. The van der Waals surface area contributed by atoms with Crippen molar-refractivity contribution in [3.63, 3.8) is 0 Å². The van der Waals surface area contributed by atoms with Gasteiger partial charge in [-0.05, 0) is 17.0 Å². The molecule has 0 spiro atoms. The van der Waals surface area contributed by atoms with E-state index in [1.54, 1.807) is 7.11 Å². The van der Waals surface area contributed by atoms with Gasteiger partial charge in [-0.2, -0.15) is 0 Å². The Kier molecular flexibility index (Phi) is 3.23. The van der Waals surface area contributed by atoms with Crippen LogP contribution in [0.1, 0.15) is 5.56 Å². The molecule has 0 aliphatic carbocycles. The number of hydrogen-bond donors (Lipinski definition) is 0. The minimum absolute atomic E-state index is 0.0453. The first-order valence-electron chi connectivity index (χ1n) is 5.39. The maximum Gasteiger partial charge on any atom is 0.207 e. The molecule has 2 aromatic carbocycles.